The number of benzene rings is 2. The summed E-state index contributed by atoms with van der Waals surface area (Å²) in [6.07, 6.45) is 3.86. The molecule has 2 N–H and O–H groups in total. The first kappa shape index (κ1) is 29.7. The summed E-state index contributed by atoms with van der Waals surface area (Å²) in [5.74, 6) is 1.88. The van der Waals surface area contributed by atoms with Gasteiger partial charge in [-0.05, 0) is 73.6 Å². The number of halogens is 1. The smallest absolute Gasteiger partial charge is 0.229 e. The fraction of sp³-hybridized carbons (Fsp3) is 0.407. The van der Waals surface area contributed by atoms with E-state index in [9.17, 15) is 8.42 Å². The van der Waals surface area contributed by atoms with Crippen LogP contribution in [0.4, 0.5) is 34.5 Å². The predicted octanol–water partition coefficient (Wildman–Crippen LogP) is 4.54. The molecular formula is C27H36BrN7O4S. The Kier molecular flexibility index (Phi) is 9.59. The molecule has 0 saturated carbocycles. The van der Waals surface area contributed by atoms with E-state index in [4.69, 9.17) is 9.47 Å². The van der Waals surface area contributed by atoms with Crippen molar-refractivity contribution in [2.45, 2.75) is 25.8 Å². The lowest BCUT2D eigenvalue weighted by Gasteiger charge is -2.37. The Balaban J connectivity index is 1.60. The van der Waals surface area contributed by atoms with E-state index in [-0.39, 0.29) is 0 Å². The minimum absolute atomic E-state index is 0.343. The molecule has 0 atom stereocenters. The molecule has 2 heterocycles. The number of methoxy groups -OCH3 is 2. The van der Waals surface area contributed by atoms with Crippen LogP contribution in [-0.4, -0.2) is 77.8 Å². The van der Waals surface area contributed by atoms with E-state index in [0.29, 0.717) is 45.2 Å². The number of aryl methyl sites for hydroxylation is 1. The van der Waals surface area contributed by atoms with Gasteiger partial charge in [-0.15, -0.1) is 0 Å². The van der Waals surface area contributed by atoms with Crippen molar-refractivity contribution in [1.29, 1.82) is 0 Å². The molecule has 0 radical (unpaired) electrons. The summed E-state index contributed by atoms with van der Waals surface area (Å²) < 4.78 is 36.4. The highest BCUT2D eigenvalue weighted by Gasteiger charge is 2.23. The van der Waals surface area contributed by atoms with Crippen molar-refractivity contribution < 1.29 is 17.9 Å². The number of anilines is 6. The minimum atomic E-state index is -2.88. The van der Waals surface area contributed by atoms with Gasteiger partial charge in [-0.1, -0.05) is 6.07 Å². The fourth-order valence-corrected chi connectivity index (χ4v) is 5.53. The van der Waals surface area contributed by atoms with Crippen LogP contribution in [0.3, 0.4) is 0 Å². The molecule has 1 fully saturated rings. The number of para-hydroxylation sites is 1. The van der Waals surface area contributed by atoms with Crippen molar-refractivity contribution in [1.82, 2.24) is 14.9 Å². The Morgan fingerprint density at radius 1 is 1.02 bits per heavy atom. The third-order valence-corrected chi connectivity index (χ3v) is 8.35. The number of hydrogen-bond donors (Lipinski definition) is 3. The normalized spacial score (nSPS) is 14.0. The fourth-order valence-electron chi connectivity index (χ4n) is 4.87. The SMILES string of the molecule is COc1cc(N2CCC(N(C)C)CC2)c(C)cc1Nc1ncc(Br)c(Nc2cccc(OC)c2N(C)[SH](=O)=O)n1. The van der Waals surface area contributed by atoms with Crippen LogP contribution in [0.15, 0.2) is 41.0 Å². The second-order valence-electron chi connectivity index (χ2n) is 9.78. The van der Waals surface area contributed by atoms with Gasteiger partial charge in [-0.2, -0.15) is 4.98 Å². The molecule has 0 unspecified atom stereocenters. The van der Waals surface area contributed by atoms with E-state index in [1.165, 1.54) is 14.2 Å². The Morgan fingerprint density at radius 2 is 1.73 bits per heavy atom. The van der Waals surface area contributed by atoms with Crippen molar-refractivity contribution in [3.63, 3.8) is 0 Å². The number of rotatable bonds is 10. The van der Waals surface area contributed by atoms with Gasteiger partial charge in [0.15, 0.2) is 0 Å². The Labute approximate surface area is 245 Å². The summed E-state index contributed by atoms with van der Waals surface area (Å²) >= 11 is 3.49. The van der Waals surface area contributed by atoms with E-state index in [1.54, 1.807) is 31.5 Å². The van der Waals surface area contributed by atoms with Gasteiger partial charge in [0.05, 0.1) is 30.1 Å². The van der Waals surface area contributed by atoms with E-state index in [1.807, 2.05) is 6.07 Å². The number of nitrogens with one attached hydrogen (secondary N) is 2. The van der Waals surface area contributed by atoms with Crippen LogP contribution in [0.2, 0.25) is 0 Å². The highest BCUT2D eigenvalue weighted by molar-refractivity contribution is 9.10. The average molecular weight is 635 g/mol. The lowest BCUT2D eigenvalue weighted by atomic mass is 10.0. The molecule has 1 aliphatic rings. The number of thiol groups is 1. The predicted molar refractivity (Wildman–Crippen MR) is 165 cm³/mol. The summed E-state index contributed by atoms with van der Waals surface area (Å²) in [5.41, 5.74) is 3.89. The van der Waals surface area contributed by atoms with Gasteiger partial charge in [-0.3, -0.25) is 4.31 Å². The zero-order valence-corrected chi connectivity index (χ0v) is 26.0. The topological polar surface area (TPSA) is 112 Å². The van der Waals surface area contributed by atoms with Crippen LogP contribution in [0.25, 0.3) is 0 Å². The molecule has 216 valence electrons. The van der Waals surface area contributed by atoms with Gasteiger partial charge < -0.3 is 29.9 Å². The summed E-state index contributed by atoms with van der Waals surface area (Å²) in [6, 6.07) is 9.93. The van der Waals surface area contributed by atoms with E-state index in [0.717, 1.165) is 47.2 Å². The lowest BCUT2D eigenvalue weighted by Crippen LogP contribution is -2.42. The van der Waals surface area contributed by atoms with Crippen LogP contribution in [0.1, 0.15) is 18.4 Å². The highest BCUT2D eigenvalue weighted by Crippen LogP contribution is 2.39. The maximum absolute atomic E-state index is 11.8. The maximum atomic E-state index is 11.8. The number of ether oxygens (including phenoxy) is 2. The Bertz CT molecular complexity index is 1420. The minimum Gasteiger partial charge on any atom is -0.494 e. The van der Waals surface area contributed by atoms with Crippen LogP contribution >= 0.6 is 15.9 Å². The van der Waals surface area contributed by atoms with Gasteiger partial charge in [-0.25, -0.2) is 13.4 Å². The molecule has 1 aliphatic heterocycles. The zero-order valence-electron chi connectivity index (χ0n) is 23.6. The molecule has 13 heteroatoms. The van der Waals surface area contributed by atoms with Gasteiger partial charge >= 0.3 is 0 Å². The van der Waals surface area contributed by atoms with Gasteiger partial charge in [0.2, 0.25) is 16.8 Å². The van der Waals surface area contributed by atoms with Gasteiger partial charge in [0.1, 0.15) is 23.0 Å². The summed E-state index contributed by atoms with van der Waals surface area (Å²) in [7, 11) is 6.00. The zero-order chi connectivity index (χ0) is 29.0. The number of hydrogen-bond acceptors (Lipinski definition) is 10. The molecule has 0 aliphatic carbocycles. The second kappa shape index (κ2) is 12.9. The van der Waals surface area contributed by atoms with E-state index in [2.05, 4.69) is 73.4 Å². The molecule has 3 aromatic rings. The van der Waals surface area contributed by atoms with Crippen molar-refractivity contribution in [3.05, 3.63) is 46.6 Å². The molecular weight excluding hydrogens is 598 g/mol. The molecule has 1 aromatic heterocycles. The number of piperidine rings is 1. The average Bonchev–Trinajstić information content (AvgIpc) is 2.94. The molecule has 11 nitrogen and oxygen atoms in total. The quantitative estimate of drug-likeness (QED) is 0.275. The maximum Gasteiger partial charge on any atom is 0.229 e. The summed E-state index contributed by atoms with van der Waals surface area (Å²) in [5, 5.41) is 6.50. The van der Waals surface area contributed by atoms with Crippen molar-refractivity contribution in [2.24, 2.45) is 0 Å². The van der Waals surface area contributed by atoms with Gasteiger partial charge in [0.25, 0.3) is 0 Å². The molecule has 4 rings (SSSR count). The standard InChI is InChI=1S/C27H36BrN7O4S/c1-17-14-21(24(39-6)15-22(17)35-12-10-18(11-13-35)33(2)3)31-27-29-16-19(28)26(32-27)30-20-8-7-9-23(38-5)25(20)34(4)40(36)37/h7-9,14-16,18,40H,10-13H2,1-6H3,(H2,29,30,31,32). The van der Waals surface area contributed by atoms with Crippen LogP contribution in [-0.2, 0) is 10.9 Å². The number of aromatic nitrogens is 2. The van der Waals surface area contributed by atoms with Crippen molar-refractivity contribution >= 4 is 61.3 Å². The first-order valence-electron chi connectivity index (χ1n) is 12.8. The molecule has 40 heavy (non-hydrogen) atoms. The van der Waals surface area contributed by atoms with E-state index >= 15 is 0 Å². The molecule has 0 spiro atoms. The number of nitrogens with zero attached hydrogens (tertiary/aromatic N) is 5. The van der Waals surface area contributed by atoms with Crippen LogP contribution in [0.5, 0.6) is 11.5 Å². The van der Waals surface area contributed by atoms with Crippen molar-refractivity contribution in [3.8, 4) is 11.5 Å². The van der Waals surface area contributed by atoms with Crippen LogP contribution in [0, 0.1) is 6.92 Å². The van der Waals surface area contributed by atoms with Gasteiger partial charge in [0, 0.05) is 44.1 Å². The summed E-state index contributed by atoms with van der Waals surface area (Å²) in [4.78, 5) is 13.8. The van der Waals surface area contributed by atoms with Crippen molar-refractivity contribution in [2.75, 3.05) is 68.3 Å². The second-order valence-corrected chi connectivity index (χ2v) is 11.7. The highest BCUT2D eigenvalue weighted by atomic mass is 79.9. The van der Waals surface area contributed by atoms with E-state index < -0.39 is 10.9 Å². The monoisotopic (exact) mass is 633 g/mol. The largest absolute Gasteiger partial charge is 0.494 e. The Hall–Kier alpha value is -3.29. The Morgan fingerprint density at radius 3 is 2.35 bits per heavy atom. The first-order valence-corrected chi connectivity index (χ1v) is 14.8. The third kappa shape index (κ3) is 6.53. The molecule has 1 saturated heterocycles. The molecule has 0 amide bonds. The third-order valence-electron chi connectivity index (χ3n) is 7.08. The first-order chi connectivity index (χ1) is 19.1. The summed E-state index contributed by atoms with van der Waals surface area (Å²) in [6.45, 7) is 4.08. The molecule has 2 aromatic carbocycles. The lowest BCUT2D eigenvalue weighted by molar-refractivity contribution is 0.249. The molecule has 0 bridgehead atoms. The van der Waals surface area contributed by atoms with Crippen LogP contribution < -0.4 is 29.3 Å².